The van der Waals surface area contributed by atoms with Crippen molar-refractivity contribution in [1.29, 1.82) is 0 Å². The zero-order valence-corrected chi connectivity index (χ0v) is 19.9. The van der Waals surface area contributed by atoms with Gasteiger partial charge in [0.25, 0.3) is 0 Å². The molecule has 0 spiro atoms. The molecule has 1 atom stereocenters. The molecule has 0 aliphatic carbocycles. The van der Waals surface area contributed by atoms with Gasteiger partial charge in [-0.15, -0.1) is 0 Å². The number of ether oxygens (including phenoxy) is 2. The van der Waals surface area contributed by atoms with E-state index in [2.05, 4.69) is 25.2 Å². The molecule has 1 unspecified atom stereocenters. The number of hydrogen-bond acceptors (Lipinski definition) is 9. The zero-order chi connectivity index (χ0) is 28.8. The van der Waals surface area contributed by atoms with E-state index in [0.717, 1.165) is 37.0 Å². The summed E-state index contributed by atoms with van der Waals surface area (Å²) >= 11 is 0. The third-order valence-corrected chi connectivity index (χ3v) is 4.40. The van der Waals surface area contributed by atoms with Crippen LogP contribution >= 0.6 is 0 Å². The Morgan fingerprint density at radius 2 is 1.71 bits per heavy atom. The van der Waals surface area contributed by atoms with E-state index in [9.17, 15) is 26.3 Å². The van der Waals surface area contributed by atoms with Gasteiger partial charge in [0.05, 0.1) is 31.6 Å². The van der Waals surface area contributed by atoms with Gasteiger partial charge in [0, 0.05) is 39.1 Å². The van der Waals surface area contributed by atoms with Crippen LogP contribution in [0.1, 0.15) is 17.6 Å². The fraction of sp³-hybridized carbons (Fsp3) is 0.476. The van der Waals surface area contributed by atoms with Gasteiger partial charge in [-0.05, 0) is 18.2 Å². The van der Waals surface area contributed by atoms with Crippen LogP contribution in [0.5, 0.6) is 0 Å². The molecule has 1 saturated heterocycles. The molecule has 38 heavy (non-hydrogen) atoms. The minimum atomic E-state index is -5.08. The van der Waals surface area contributed by atoms with Gasteiger partial charge in [0.15, 0.2) is 0 Å². The lowest BCUT2D eigenvalue weighted by atomic mass is 10.2. The minimum absolute atomic E-state index is 0.0323. The maximum atomic E-state index is 10.6. The summed E-state index contributed by atoms with van der Waals surface area (Å²) in [4.78, 5) is 33.6. The van der Waals surface area contributed by atoms with E-state index < -0.39 is 24.3 Å². The molecule has 1 fully saturated rings. The van der Waals surface area contributed by atoms with Crippen LogP contribution in [0.15, 0.2) is 36.7 Å². The van der Waals surface area contributed by atoms with Gasteiger partial charge in [0.2, 0.25) is 0 Å². The van der Waals surface area contributed by atoms with Crippen LogP contribution in [0.3, 0.4) is 0 Å². The third-order valence-electron chi connectivity index (χ3n) is 4.40. The largest absolute Gasteiger partial charge is 0.490 e. The second-order valence-corrected chi connectivity index (χ2v) is 7.21. The standard InChI is InChI=1S/C17H23N5O2.2C2HF3O2/c1-23-10-8-19-16-5-7-20-17(21-16)15-13-24-11-9-22(15)12-14-4-2-3-6-18-14;2*3-2(4,5)1(6)7/h2-7,15H,8-13H2,1H3,(H,19,20,21);2*(H,6,7). The van der Waals surface area contributed by atoms with Crippen molar-refractivity contribution in [3.8, 4) is 0 Å². The lowest BCUT2D eigenvalue weighted by Crippen LogP contribution is -2.40. The summed E-state index contributed by atoms with van der Waals surface area (Å²) in [7, 11) is 1.68. The molecule has 2 aromatic heterocycles. The number of hydrogen-bond donors (Lipinski definition) is 3. The summed E-state index contributed by atoms with van der Waals surface area (Å²) in [5, 5.41) is 17.5. The number of carboxylic acid groups (broad SMARTS) is 2. The molecule has 17 heteroatoms. The Labute approximate surface area is 212 Å². The number of nitrogens with zero attached hydrogens (tertiary/aromatic N) is 4. The first-order valence-electron chi connectivity index (χ1n) is 10.6. The molecule has 0 amide bonds. The van der Waals surface area contributed by atoms with Crippen LogP contribution in [-0.4, -0.2) is 94.4 Å². The van der Waals surface area contributed by atoms with Gasteiger partial charge in [0.1, 0.15) is 11.6 Å². The number of morpholine rings is 1. The zero-order valence-electron chi connectivity index (χ0n) is 19.9. The van der Waals surface area contributed by atoms with Crippen LogP contribution in [-0.2, 0) is 25.6 Å². The van der Waals surface area contributed by atoms with E-state index in [4.69, 9.17) is 29.3 Å². The third kappa shape index (κ3) is 12.6. The summed E-state index contributed by atoms with van der Waals surface area (Å²) < 4.78 is 74.2. The number of anilines is 1. The monoisotopic (exact) mass is 557 g/mol. The highest BCUT2D eigenvalue weighted by Gasteiger charge is 2.38. The van der Waals surface area contributed by atoms with Crippen molar-refractivity contribution >= 4 is 17.8 Å². The van der Waals surface area contributed by atoms with Crippen molar-refractivity contribution in [3.63, 3.8) is 0 Å². The molecule has 0 saturated carbocycles. The quantitative estimate of drug-likeness (QED) is 0.341. The highest BCUT2D eigenvalue weighted by Crippen LogP contribution is 2.23. The van der Waals surface area contributed by atoms with E-state index in [1.807, 2.05) is 30.5 Å². The van der Waals surface area contributed by atoms with Crippen LogP contribution in [0, 0.1) is 0 Å². The number of carboxylic acids is 2. The smallest absolute Gasteiger partial charge is 0.475 e. The molecule has 1 aliphatic heterocycles. The number of pyridine rings is 1. The van der Waals surface area contributed by atoms with E-state index in [1.54, 1.807) is 13.3 Å². The molecule has 0 bridgehead atoms. The van der Waals surface area contributed by atoms with Crippen LogP contribution in [0.2, 0.25) is 0 Å². The Bertz CT molecular complexity index is 973. The molecule has 0 radical (unpaired) electrons. The highest BCUT2D eigenvalue weighted by molar-refractivity contribution is 5.73. The lowest BCUT2D eigenvalue weighted by Gasteiger charge is -2.34. The lowest BCUT2D eigenvalue weighted by molar-refractivity contribution is -0.193. The summed E-state index contributed by atoms with van der Waals surface area (Å²) in [5.41, 5.74) is 1.04. The van der Waals surface area contributed by atoms with Gasteiger partial charge in [-0.25, -0.2) is 19.6 Å². The summed E-state index contributed by atoms with van der Waals surface area (Å²) in [6, 6.07) is 7.87. The maximum Gasteiger partial charge on any atom is 0.490 e. The van der Waals surface area contributed by atoms with Gasteiger partial charge in [-0.2, -0.15) is 26.3 Å². The Hall–Kier alpha value is -3.57. The molecular weight excluding hydrogens is 532 g/mol. The molecule has 0 aromatic carbocycles. The van der Waals surface area contributed by atoms with Crippen molar-refractivity contribution in [2.45, 2.75) is 24.9 Å². The average Bonchev–Trinajstić information content (AvgIpc) is 2.85. The fourth-order valence-corrected chi connectivity index (χ4v) is 2.68. The van der Waals surface area contributed by atoms with E-state index >= 15 is 0 Å². The molecule has 2 aromatic rings. The number of halogens is 6. The maximum absolute atomic E-state index is 10.6. The molecule has 3 N–H and O–H groups in total. The van der Waals surface area contributed by atoms with Crippen molar-refractivity contribution in [1.82, 2.24) is 19.9 Å². The Morgan fingerprint density at radius 1 is 1.08 bits per heavy atom. The Morgan fingerprint density at radius 3 is 2.24 bits per heavy atom. The van der Waals surface area contributed by atoms with Gasteiger partial charge < -0.3 is 25.0 Å². The average molecular weight is 557 g/mol. The van der Waals surface area contributed by atoms with Crippen molar-refractivity contribution in [3.05, 3.63) is 48.2 Å². The number of carbonyl (C=O) groups is 2. The predicted octanol–water partition coefficient (Wildman–Crippen LogP) is 2.77. The topological polar surface area (TPSA) is 147 Å². The normalized spacial score (nSPS) is 15.8. The SMILES string of the molecule is COCCNc1ccnc(C2COCCN2Cc2ccccn2)n1.O=C(O)C(F)(F)F.O=C(O)C(F)(F)F. The summed E-state index contributed by atoms with van der Waals surface area (Å²) in [5.74, 6) is -3.94. The number of aliphatic carboxylic acids is 2. The number of nitrogens with one attached hydrogen (secondary N) is 1. The molecule has 3 rings (SSSR count). The van der Waals surface area contributed by atoms with Crippen molar-refractivity contribution in [2.75, 3.05) is 45.3 Å². The number of alkyl halides is 6. The van der Waals surface area contributed by atoms with Gasteiger partial charge in [-0.3, -0.25) is 9.88 Å². The second-order valence-electron chi connectivity index (χ2n) is 7.21. The molecule has 3 heterocycles. The Balaban J connectivity index is 0.000000426. The van der Waals surface area contributed by atoms with E-state index in [-0.39, 0.29) is 6.04 Å². The van der Waals surface area contributed by atoms with Crippen LogP contribution < -0.4 is 5.32 Å². The van der Waals surface area contributed by atoms with Crippen molar-refractivity contribution in [2.24, 2.45) is 0 Å². The fourth-order valence-electron chi connectivity index (χ4n) is 2.68. The Kier molecular flexibility index (Phi) is 13.3. The minimum Gasteiger partial charge on any atom is -0.475 e. The summed E-state index contributed by atoms with van der Waals surface area (Å²) in [6.45, 7) is 4.26. The van der Waals surface area contributed by atoms with Gasteiger partial charge in [-0.1, -0.05) is 6.07 Å². The number of aromatic nitrogens is 3. The van der Waals surface area contributed by atoms with Gasteiger partial charge >= 0.3 is 24.3 Å². The first kappa shape index (κ1) is 32.5. The summed E-state index contributed by atoms with van der Waals surface area (Å²) in [6.07, 6.45) is -6.56. The van der Waals surface area contributed by atoms with Crippen LogP contribution in [0.25, 0.3) is 0 Å². The second kappa shape index (κ2) is 15.6. The molecule has 212 valence electrons. The van der Waals surface area contributed by atoms with E-state index in [1.165, 1.54) is 0 Å². The first-order chi connectivity index (χ1) is 17.8. The first-order valence-corrected chi connectivity index (χ1v) is 10.6. The predicted molar refractivity (Wildman–Crippen MR) is 118 cm³/mol. The number of rotatable bonds is 7. The highest BCUT2D eigenvalue weighted by atomic mass is 19.4. The molecule has 1 aliphatic rings. The molecular formula is C21H25F6N5O6. The molecule has 11 nitrogen and oxygen atoms in total. The van der Waals surface area contributed by atoms with E-state index in [0.29, 0.717) is 19.8 Å². The van der Waals surface area contributed by atoms with Crippen LogP contribution in [0.4, 0.5) is 32.2 Å². The number of methoxy groups -OCH3 is 1. The van der Waals surface area contributed by atoms with Crippen molar-refractivity contribution < 1.29 is 55.6 Å².